The summed E-state index contributed by atoms with van der Waals surface area (Å²) in [5.41, 5.74) is 0.816. The SMILES string of the molecule is CCCNC1CCN(C(C)c2ccccc2F)C(C)C1C. The van der Waals surface area contributed by atoms with E-state index in [1.807, 2.05) is 12.1 Å². The monoisotopic (exact) mass is 292 g/mol. The van der Waals surface area contributed by atoms with Gasteiger partial charge in [0.25, 0.3) is 0 Å². The van der Waals surface area contributed by atoms with Crippen molar-refractivity contribution >= 4 is 0 Å². The molecule has 21 heavy (non-hydrogen) atoms. The van der Waals surface area contributed by atoms with Gasteiger partial charge in [0.15, 0.2) is 0 Å². The minimum absolute atomic E-state index is 0.0870. The van der Waals surface area contributed by atoms with Crippen molar-refractivity contribution in [3.8, 4) is 0 Å². The molecule has 0 saturated carbocycles. The highest BCUT2D eigenvalue weighted by Gasteiger charge is 2.35. The van der Waals surface area contributed by atoms with Crippen LogP contribution in [0.25, 0.3) is 0 Å². The molecule has 1 aromatic rings. The summed E-state index contributed by atoms with van der Waals surface area (Å²) in [5, 5.41) is 3.66. The molecule has 1 N–H and O–H groups in total. The van der Waals surface area contributed by atoms with E-state index >= 15 is 0 Å². The lowest BCUT2D eigenvalue weighted by atomic mass is 9.85. The number of nitrogens with one attached hydrogen (secondary N) is 1. The molecule has 1 aromatic carbocycles. The van der Waals surface area contributed by atoms with Gasteiger partial charge < -0.3 is 5.32 Å². The van der Waals surface area contributed by atoms with Gasteiger partial charge in [-0.2, -0.15) is 0 Å². The number of halogens is 1. The molecule has 0 amide bonds. The number of rotatable bonds is 5. The molecule has 0 aromatic heterocycles. The molecule has 4 atom stereocenters. The maximum absolute atomic E-state index is 14.0. The number of benzene rings is 1. The Balaban J connectivity index is 2.07. The molecule has 1 heterocycles. The third-order valence-corrected chi connectivity index (χ3v) is 5.13. The molecular formula is C18H29FN2. The first-order chi connectivity index (χ1) is 10.1. The molecule has 3 heteroatoms. The van der Waals surface area contributed by atoms with Crippen molar-refractivity contribution in [2.45, 2.75) is 58.7 Å². The molecule has 0 bridgehead atoms. The van der Waals surface area contributed by atoms with Crippen LogP contribution in [0.15, 0.2) is 24.3 Å². The third kappa shape index (κ3) is 3.64. The van der Waals surface area contributed by atoms with Crippen molar-refractivity contribution < 1.29 is 4.39 Å². The van der Waals surface area contributed by atoms with Gasteiger partial charge in [-0.3, -0.25) is 4.90 Å². The second kappa shape index (κ2) is 7.37. The number of nitrogens with zero attached hydrogens (tertiary/aromatic N) is 1. The van der Waals surface area contributed by atoms with Crippen LogP contribution in [0.3, 0.4) is 0 Å². The van der Waals surface area contributed by atoms with Gasteiger partial charge in [-0.1, -0.05) is 32.0 Å². The summed E-state index contributed by atoms with van der Waals surface area (Å²) in [6.45, 7) is 11.0. The Hall–Kier alpha value is -0.930. The first-order valence-corrected chi connectivity index (χ1v) is 8.29. The predicted molar refractivity (Wildman–Crippen MR) is 86.8 cm³/mol. The quantitative estimate of drug-likeness (QED) is 0.883. The Labute approximate surface area is 128 Å². The molecule has 0 spiro atoms. The fourth-order valence-electron chi connectivity index (χ4n) is 3.55. The highest BCUT2D eigenvalue weighted by atomic mass is 19.1. The van der Waals surface area contributed by atoms with E-state index in [0.29, 0.717) is 18.0 Å². The topological polar surface area (TPSA) is 15.3 Å². The lowest BCUT2D eigenvalue weighted by molar-refractivity contribution is 0.0512. The van der Waals surface area contributed by atoms with E-state index in [2.05, 4.69) is 37.9 Å². The Bertz CT molecular complexity index is 449. The van der Waals surface area contributed by atoms with E-state index in [0.717, 1.165) is 25.1 Å². The zero-order valence-electron chi connectivity index (χ0n) is 13.8. The minimum Gasteiger partial charge on any atom is -0.314 e. The van der Waals surface area contributed by atoms with Gasteiger partial charge in [0.05, 0.1) is 0 Å². The molecule has 1 aliphatic heterocycles. The molecule has 4 unspecified atom stereocenters. The molecule has 1 saturated heterocycles. The van der Waals surface area contributed by atoms with Gasteiger partial charge in [0.1, 0.15) is 5.82 Å². The minimum atomic E-state index is -0.0870. The van der Waals surface area contributed by atoms with Crippen molar-refractivity contribution in [1.82, 2.24) is 10.2 Å². The summed E-state index contributed by atoms with van der Waals surface area (Å²) >= 11 is 0. The van der Waals surface area contributed by atoms with Gasteiger partial charge in [-0.25, -0.2) is 4.39 Å². The van der Waals surface area contributed by atoms with Gasteiger partial charge >= 0.3 is 0 Å². The highest BCUT2D eigenvalue weighted by Crippen LogP contribution is 2.32. The zero-order valence-corrected chi connectivity index (χ0v) is 13.8. The molecule has 118 valence electrons. The Kier molecular flexibility index (Phi) is 5.77. The summed E-state index contributed by atoms with van der Waals surface area (Å²) in [4.78, 5) is 2.45. The second-order valence-corrected chi connectivity index (χ2v) is 6.38. The number of piperidine rings is 1. The molecule has 1 aliphatic rings. The van der Waals surface area contributed by atoms with E-state index in [1.54, 1.807) is 12.1 Å². The van der Waals surface area contributed by atoms with Crippen molar-refractivity contribution in [3.63, 3.8) is 0 Å². The van der Waals surface area contributed by atoms with E-state index in [9.17, 15) is 4.39 Å². The Morgan fingerprint density at radius 1 is 1.33 bits per heavy atom. The highest BCUT2D eigenvalue weighted by molar-refractivity contribution is 5.21. The first kappa shape index (κ1) is 16.4. The van der Waals surface area contributed by atoms with Crippen LogP contribution in [0.2, 0.25) is 0 Å². The van der Waals surface area contributed by atoms with Crippen molar-refractivity contribution in [2.24, 2.45) is 5.92 Å². The van der Waals surface area contributed by atoms with Crippen molar-refractivity contribution in [3.05, 3.63) is 35.6 Å². The van der Waals surface area contributed by atoms with Gasteiger partial charge in [-0.05, 0) is 45.2 Å². The van der Waals surface area contributed by atoms with Crippen LogP contribution in [-0.2, 0) is 0 Å². The summed E-state index contributed by atoms with van der Waals surface area (Å²) < 4.78 is 14.0. The lowest BCUT2D eigenvalue weighted by Crippen LogP contribution is -2.54. The van der Waals surface area contributed by atoms with Crippen LogP contribution in [0.4, 0.5) is 4.39 Å². The molecule has 2 nitrogen and oxygen atoms in total. The van der Waals surface area contributed by atoms with Crippen LogP contribution >= 0.6 is 0 Å². The maximum Gasteiger partial charge on any atom is 0.127 e. The van der Waals surface area contributed by atoms with Gasteiger partial charge in [0, 0.05) is 30.2 Å². The molecule has 0 aliphatic carbocycles. The zero-order chi connectivity index (χ0) is 15.4. The number of hydrogen-bond donors (Lipinski definition) is 1. The van der Waals surface area contributed by atoms with Gasteiger partial charge in [-0.15, -0.1) is 0 Å². The van der Waals surface area contributed by atoms with E-state index in [-0.39, 0.29) is 11.9 Å². The average Bonchev–Trinajstić information content (AvgIpc) is 2.49. The summed E-state index contributed by atoms with van der Waals surface area (Å²) in [7, 11) is 0. The van der Waals surface area contributed by atoms with Crippen LogP contribution < -0.4 is 5.32 Å². The fraction of sp³-hybridized carbons (Fsp3) is 0.667. The number of likely N-dealkylation sites (tertiary alicyclic amines) is 1. The Morgan fingerprint density at radius 2 is 2.05 bits per heavy atom. The van der Waals surface area contributed by atoms with E-state index in [4.69, 9.17) is 0 Å². The van der Waals surface area contributed by atoms with Gasteiger partial charge in [0.2, 0.25) is 0 Å². The summed E-state index contributed by atoms with van der Waals surface area (Å²) in [6, 6.07) is 8.35. The van der Waals surface area contributed by atoms with Crippen LogP contribution in [0.5, 0.6) is 0 Å². The maximum atomic E-state index is 14.0. The molecule has 0 radical (unpaired) electrons. The van der Waals surface area contributed by atoms with E-state index in [1.165, 1.54) is 6.42 Å². The fourth-order valence-corrected chi connectivity index (χ4v) is 3.55. The standard InChI is InChI=1S/C18H29FN2/c1-5-11-20-18-10-12-21(14(3)13(18)2)15(4)16-8-6-7-9-17(16)19/h6-9,13-15,18,20H,5,10-12H2,1-4H3. The summed E-state index contributed by atoms with van der Waals surface area (Å²) in [6.07, 6.45) is 2.32. The second-order valence-electron chi connectivity index (χ2n) is 6.38. The average molecular weight is 292 g/mol. The van der Waals surface area contributed by atoms with Crippen molar-refractivity contribution in [1.29, 1.82) is 0 Å². The summed E-state index contributed by atoms with van der Waals surface area (Å²) in [5.74, 6) is 0.496. The van der Waals surface area contributed by atoms with Crippen molar-refractivity contribution in [2.75, 3.05) is 13.1 Å². The van der Waals surface area contributed by atoms with Crippen LogP contribution in [-0.4, -0.2) is 30.1 Å². The first-order valence-electron chi connectivity index (χ1n) is 8.29. The van der Waals surface area contributed by atoms with Crippen LogP contribution in [0.1, 0.15) is 52.1 Å². The third-order valence-electron chi connectivity index (χ3n) is 5.13. The largest absolute Gasteiger partial charge is 0.314 e. The normalized spacial score (nSPS) is 28.5. The number of hydrogen-bond acceptors (Lipinski definition) is 2. The molecule has 1 fully saturated rings. The van der Waals surface area contributed by atoms with E-state index < -0.39 is 0 Å². The molecular weight excluding hydrogens is 263 g/mol. The predicted octanol–water partition coefficient (Wildman–Crippen LogP) is 3.99. The van der Waals surface area contributed by atoms with Crippen LogP contribution in [0, 0.1) is 11.7 Å². The Morgan fingerprint density at radius 3 is 2.71 bits per heavy atom. The smallest absolute Gasteiger partial charge is 0.127 e. The lowest BCUT2D eigenvalue weighted by Gasteiger charge is -2.46. The molecule has 2 rings (SSSR count).